The molecule has 1 heterocycles. The first kappa shape index (κ1) is 10.5. The van der Waals surface area contributed by atoms with Crippen molar-refractivity contribution in [1.29, 1.82) is 0 Å². The second-order valence-electron chi connectivity index (χ2n) is 4.78. The molecular weight excluding hydrogens is 214 g/mol. The van der Waals surface area contributed by atoms with Crippen molar-refractivity contribution < 1.29 is 0 Å². The smallest absolute Gasteiger partial charge is 0.00980 e. The Bertz CT molecular complexity index is 145. The van der Waals surface area contributed by atoms with Crippen molar-refractivity contribution in [2.75, 3.05) is 18.9 Å². The quantitative estimate of drug-likeness (QED) is 0.679. The van der Waals surface area contributed by atoms with Gasteiger partial charge in [0.15, 0.2) is 0 Å². The van der Waals surface area contributed by atoms with Gasteiger partial charge in [0.2, 0.25) is 0 Å². The topological polar surface area (TPSA) is 3.24 Å². The minimum absolute atomic E-state index is 0.462. The van der Waals surface area contributed by atoms with Gasteiger partial charge in [0.25, 0.3) is 0 Å². The van der Waals surface area contributed by atoms with Gasteiger partial charge >= 0.3 is 0 Å². The number of halogens is 1. The first-order valence-electron chi connectivity index (χ1n) is 4.81. The average Bonchev–Trinajstić information content (AvgIpc) is 2.36. The zero-order valence-electron chi connectivity index (χ0n) is 8.44. The summed E-state index contributed by atoms with van der Waals surface area (Å²) in [6.45, 7) is 5.98. The van der Waals surface area contributed by atoms with Crippen molar-refractivity contribution in [2.45, 2.75) is 39.2 Å². The fraction of sp³-hybridized carbons (Fsp3) is 1.00. The summed E-state index contributed by atoms with van der Waals surface area (Å²) in [5.74, 6) is 0. The molecular formula is C10H20BrN. The van der Waals surface area contributed by atoms with Crippen molar-refractivity contribution in [3.8, 4) is 0 Å². The van der Waals surface area contributed by atoms with E-state index in [4.69, 9.17) is 0 Å². The molecule has 1 aliphatic rings. The van der Waals surface area contributed by atoms with E-state index in [9.17, 15) is 0 Å². The van der Waals surface area contributed by atoms with Crippen molar-refractivity contribution in [2.24, 2.45) is 5.41 Å². The molecule has 0 N–H and O–H groups in total. The van der Waals surface area contributed by atoms with E-state index in [1.165, 1.54) is 25.8 Å². The summed E-state index contributed by atoms with van der Waals surface area (Å²) < 4.78 is 0. The van der Waals surface area contributed by atoms with Crippen molar-refractivity contribution in [1.82, 2.24) is 4.90 Å². The zero-order chi connectivity index (χ0) is 9.19. The summed E-state index contributed by atoms with van der Waals surface area (Å²) >= 11 is 3.58. The fourth-order valence-corrected chi connectivity index (χ4v) is 2.16. The van der Waals surface area contributed by atoms with Gasteiger partial charge in [-0.25, -0.2) is 0 Å². The predicted molar refractivity (Wildman–Crippen MR) is 57.8 cm³/mol. The van der Waals surface area contributed by atoms with E-state index in [2.05, 4.69) is 41.7 Å². The Balaban J connectivity index is 2.39. The van der Waals surface area contributed by atoms with Crippen LogP contribution in [0.1, 0.15) is 33.1 Å². The summed E-state index contributed by atoms with van der Waals surface area (Å²) in [4.78, 5) is 2.50. The van der Waals surface area contributed by atoms with Crippen LogP contribution in [0.5, 0.6) is 0 Å². The first-order chi connectivity index (χ1) is 5.55. The lowest BCUT2D eigenvalue weighted by molar-refractivity contribution is 0.228. The molecule has 0 aliphatic carbocycles. The molecule has 0 aromatic heterocycles. The van der Waals surface area contributed by atoms with E-state index in [1.54, 1.807) is 0 Å². The molecule has 1 unspecified atom stereocenters. The van der Waals surface area contributed by atoms with Crippen LogP contribution >= 0.6 is 15.9 Å². The summed E-state index contributed by atoms with van der Waals surface area (Å²) in [5, 5.41) is 1.12. The second kappa shape index (κ2) is 4.10. The highest BCUT2D eigenvalue weighted by atomic mass is 79.9. The van der Waals surface area contributed by atoms with Gasteiger partial charge in [-0.2, -0.15) is 0 Å². The SMILES string of the molecule is CN1CCCC1CC(C)(C)CBr. The Kier molecular flexibility index (Phi) is 3.59. The summed E-state index contributed by atoms with van der Waals surface area (Å²) in [7, 11) is 2.25. The van der Waals surface area contributed by atoms with Crippen LogP contribution in [0, 0.1) is 5.41 Å². The first-order valence-corrected chi connectivity index (χ1v) is 5.93. The maximum Gasteiger partial charge on any atom is 0.00980 e. The normalized spacial score (nSPS) is 26.5. The molecule has 72 valence electrons. The van der Waals surface area contributed by atoms with Crippen LogP contribution in [0.4, 0.5) is 0 Å². The molecule has 1 fully saturated rings. The zero-order valence-corrected chi connectivity index (χ0v) is 10.0. The van der Waals surface area contributed by atoms with Crippen LogP contribution in [0.3, 0.4) is 0 Å². The Hall–Kier alpha value is 0.440. The van der Waals surface area contributed by atoms with Gasteiger partial charge in [-0.15, -0.1) is 0 Å². The summed E-state index contributed by atoms with van der Waals surface area (Å²) in [5.41, 5.74) is 0.462. The van der Waals surface area contributed by atoms with Gasteiger partial charge in [-0.3, -0.25) is 0 Å². The van der Waals surface area contributed by atoms with E-state index >= 15 is 0 Å². The van der Waals surface area contributed by atoms with Crippen LogP contribution in [0.25, 0.3) is 0 Å². The summed E-state index contributed by atoms with van der Waals surface area (Å²) in [6.07, 6.45) is 4.11. The van der Waals surface area contributed by atoms with Gasteiger partial charge in [0.05, 0.1) is 0 Å². The third-order valence-electron chi connectivity index (χ3n) is 2.82. The number of hydrogen-bond donors (Lipinski definition) is 0. The molecule has 0 spiro atoms. The van der Waals surface area contributed by atoms with E-state index in [-0.39, 0.29) is 0 Å². The molecule has 1 aliphatic heterocycles. The molecule has 12 heavy (non-hydrogen) atoms. The molecule has 1 saturated heterocycles. The number of hydrogen-bond acceptors (Lipinski definition) is 1. The van der Waals surface area contributed by atoms with E-state index in [0.717, 1.165) is 11.4 Å². The molecule has 2 heteroatoms. The third kappa shape index (κ3) is 2.74. The molecule has 0 bridgehead atoms. The van der Waals surface area contributed by atoms with Crippen LogP contribution < -0.4 is 0 Å². The largest absolute Gasteiger partial charge is 0.303 e. The average molecular weight is 234 g/mol. The number of rotatable bonds is 3. The van der Waals surface area contributed by atoms with Gasteiger partial charge in [-0.1, -0.05) is 29.8 Å². The van der Waals surface area contributed by atoms with Gasteiger partial charge < -0.3 is 4.90 Å². The van der Waals surface area contributed by atoms with Gasteiger partial charge in [-0.05, 0) is 38.3 Å². The third-order valence-corrected chi connectivity index (χ3v) is 4.34. The molecule has 0 saturated carbocycles. The molecule has 0 aromatic carbocycles. The highest BCUT2D eigenvalue weighted by molar-refractivity contribution is 9.09. The van der Waals surface area contributed by atoms with Crippen LogP contribution in [-0.2, 0) is 0 Å². The standard InChI is InChI=1S/C10H20BrN/c1-10(2,8-11)7-9-5-4-6-12(9)3/h9H,4-8H2,1-3H3. The molecule has 0 radical (unpaired) electrons. The molecule has 1 nitrogen and oxygen atoms in total. The van der Waals surface area contributed by atoms with E-state index < -0.39 is 0 Å². The van der Waals surface area contributed by atoms with Gasteiger partial charge in [0.1, 0.15) is 0 Å². The number of alkyl halides is 1. The van der Waals surface area contributed by atoms with Crippen molar-refractivity contribution in [3.63, 3.8) is 0 Å². The maximum absolute atomic E-state index is 3.58. The van der Waals surface area contributed by atoms with Crippen LogP contribution in [-0.4, -0.2) is 29.9 Å². The number of nitrogens with zero attached hydrogens (tertiary/aromatic N) is 1. The minimum atomic E-state index is 0.462. The molecule has 0 amide bonds. The highest BCUT2D eigenvalue weighted by Gasteiger charge is 2.27. The molecule has 1 rings (SSSR count). The van der Waals surface area contributed by atoms with E-state index in [1.807, 2.05) is 0 Å². The summed E-state index contributed by atoms with van der Waals surface area (Å²) in [6, 6.07) is 0.831. The van der Waals surface area contributed by atoms with Crippen LogP contribution in [0.15, 0.2) is 0 Å². The molecule has 0 aromatic rings. The van der Waals surface area contributed by atoms with Crippen LogP contribution in [0.2, 0.25) is 0 Å². The Morgan fingerprint density at radius 1 is 1.50 bits per heavy atom. The monoisotopic (exact) mass is 233 g/mol. The van der Waals surface area contributed by atoms with Gasteiger partial charge in [0, 0.05) is 11.4 Å². The van der Waals surface area contributed by atoms with E-state index in [0.29, 0.717) is 5.41 Å². The van der Waals surface area contributed by atoms with Crippen molar-refractivity contribution in [3.05, 3.63) is 0 Å². The Morgan fingerprint density at radius 3 is 2.58 bits per heavy atom. The lowest BCUT2D eigenvalue weighted by atomic mass is 9.87. The highest BCUT2D eigenvalue weighted by Crippen LogP contribution is 2.30. The number of likely N-dealkylation sites (tertiary alicyclic amines) is 1. The predicted octanol–water partition coefficient (Wildman–Crippen LogP) is 2.89. The minimum Gasteiger partial charge on any atom is -0.303 e. The molecule has 1 atom stereocenters. The lowest BCUT2D eigenvalue weighted by Gasteiger charge is -2.29. The maximum atomic E-state index is 3.58. The Morgan fingerprint density at radius 2 is 2.17 bits per heavy atom. The lowest BCUT2D eigenvalue weighted by Crippen LogP contribution is -2.31. The second-order valence-corrected chi connectivity index (χ2v) is 5.34. The van der Waals surface area contributed by atoms with Crippen molar-refractivity contribution >= 4 is 15.9 Å². The Labute approximate surface area is 84.6 Å². The fourth-order valence-electron chi connectivity index (χ4n) is 1.93.